The van der Waals surface area contributed by atoms with Crippen molar-refractivity contribution in [2.24, 2.45) is 0 Å². The van der Waals surface area contributed by atoms with Crippen molar-refractivity contribution in [1.82, 2.24) is 5.06 Å². The summed E-state index contributed by atoms with van der Waals surface area (Å²) in [7, 11) is 0. The zero-order valence-corrected chi connectivity index (χ0v) is 9.43. The van der Waals surface area contributed by atoms with Crippen LogP contribution in [0.5, 0.6) is 0 Å². The highest BCUT2D eigenvalue weighted by Crippen LogP contribution is 2.11. The number of hydrogen-bond donors (Lipinski definition) is 2. The van der Waals surface area contributed by atoms with Crippen molar-refractivity contribution >= 4 is 6.09 Å². The van der Waals surface area contributed by atoms with E-state index in [1.165, 1.54) is 6.08 Å². The van der Waals surface area contributed by atoms with Gasteiger partial charge in [-0.05, 0) is 27.2 Å². The number of amides is 1. The lowest BCUT2D eigenvalue weighted by Gasteiger charge is -2.27. The van der Waals surface area contributed by atoms with Gasteiger partial charge in [-0.25, -0.2) is 4.79 Å². The molecule has 0 aromatic heterocycles. The second-order valence-corrected chi connectivity index (χ2v) is 4.19. The molecule has 5 nitrogen and oxygen atoms in total. The molecule has 0 heterocycles. The van der Waals surface area contributed by atoms with Crippen molar-refractivity contribution in [2.75, 3.05) is 6.61 Å². The molecular formula is C10H19NO4. The van der Waals surface area contributed by atoms with Gasteiger partial charge >= 0.3 is 6.09 Å². The third-order valence-electron chi connectivity index (χ3n) is 1.58. The molecule has 0 aromatic carbocycles. The summed E-state index contributed by atoms with van der Waals surface area (Å²) in [4.78, 5) is 11.3. The summed E-state index contributed by atoms with van der Waals surface area (Å²) in [5, 5.41) is 18.7. The first-order chi connectivity index (χ1) is 6.81. The van der Waals surface area contributed by atoms with Crippen LogP contribution in [0.25, 0.3) is 0 Å². The number of rotatable bonds is 4. The number of carbonyl (C=O) groups is 1. The van der Waals surface area contributed by atoms with Gasteiger partial charge in [-0.2, -0.15) is 5.06 Å². The summed E-state index contributed by atoms with van der Waals surface area (Å²) < 4.78 is 4.92. The maximum Gasteiger partial charge on any atom is 0.434 e. The molecule has 0 bridgehead atoms. The quantitative estimate of drug-likeness (QED) is 0.426. The molecule has 0 unspecified atom stereocenters. The smallest absolute Gasteiger partial charge is 0.434 e. The minimum absolute atomic E-state index is 0.298. The lowest BCUT2D eigenvalue weighted by molar-refractivity contribution is -0.127. The molecule has 0 spiro atoms. The Labute approximate surface area is 89.9 Å². The van der Waals surface area contributed by atoms with E-state index in [9.17, 15) is 10.0 Å². The molecule has 0 aromatic rings. The van der Waals surface area contributed by atoms with E-state index in [-0.39, 0.29) is 6.61 Å². The van der Waals surface area contributed by atoms with Gasteiger partial charge in [0.2, 0.25) is 0 Å². The molecule has 1 amide bonds. The number of aliphatic hydroxyl groups excluding tert-OH is 1. The number of carbonyl (C=O) groups excluding carboxylic acids is 1. The van der Waals surface area contributed by atoms with Gasteiger partial charge in [0.15, 0.2) is 0 Å². The van der Waals surface area contributed by atoms with Gasteiger partial charge in [0.05, 0.1) is 12.6 Å². The van der Waals surface area contributed by atoms with Crippen LogP contribution in [0.1, 0.15) is 27.2 Å². The molecule has 0 saturated carbocycles. The maximum absolute atomic E-state index is 11.3. The van der Waals surface area contributed by atoms with Crippen molar-refractivity contribution in [3.8, 4) is 0 Å². The Morgan fingerprint density at radius 2 is 2.13 bits per heavy atom. The molecule has 0 saturated heterocycles. The van der Waals surface area contributed by atoms with Crippen LogP contribution in [-0.4, -0.2) is 39.7 Å². The maximum atomic E-state index is 11.3. The van der Waals surface area contributed by atoms with Crippen molar-refractivity contribution in [3.63, 3.8) is 0 Å². The van der Waals surface area contributed by atoms with Gasteiger partial charge < -0.3 is 9.84 Å². The third kappa shape index (κ3) is 5.39. The van der Waals surface area contributed by atoms with Gasteiger partial charge in [0.1, 0.15) is 5.60 Å². The Kier molecular flexibility index (Phi) is 5.32. The summed E-state index contributed by atoms with van der Waals surface area (Å²) in [5.74, 6) is 0. The predicted octanol–water partition coefficient (Wildman–Crippen LogP) is 1.55. The highest BCUT2D eigenvalue weighted by Gasteiger charge is 2.25. The highest BCUT2D eigenvalue weighted by atomic mass is 16.6. The number of ether oxygens (including phenoxy) is 1. The van der Waals surface area contributed by atoms with Crippen LogP contribution in [0.3, 0.4) is 0 Å². The molecule has 1 atom stereocenters. The van der Waals surface area contributed by atoms with E-state index < -0.39 is 17.7 Å². The van der Waals surface area contributed by atoms with Gasteiger partial charge in [-0.15, -0.1) is 6.58 Å². The Morgan fingerprint density at radius 3 is 2.47 bits per heavy atom. The van der Waals surface area contributed by atoms with E-state index in [1.54, 1.807) is 20.8 Å². The third-order valence-corrected chi connectivity index (χ3v) is 1.58. The first-order valence-electron chi connectivity index (χ1n) is 4.74. The molecule has 0 rings (SSSR count). The highest BCUT2D eigenvalue weighted by molar-refractivity contribution is 5.67. The zero-order chi connectivity index (χ0) is 12.1. The summed E-state index contributed by atoms with van der Waals surface area (Å²) in [5.41, 5.74) is -0.674. The van der Waals surface area contributed by atoms with E-state index >= 15 is 0 Å². The Bertz CT molecular complexity index is 222. The molecular weight excluding hydrogens is 198 g/mol. The lowest BCUT2D eigenvalue weighted by Crippen LogP contribution is -2.42. The fraction of sp³-hybridized carbons (Fsp3) is 0.700. The molecule has 0 radical (unpaired) electrons. The second kappa shape index (κ2) is 5.72. The van der Waals surface area contributed by atoms with Crippen molar-refractivity contribution in [2.45, 2.75) is 38.8 Å². The summed E-state index contributed by atoms with van der Waals surface area (Å²) in [6, 6.07) is -0.711. The zero-order valence-electron chi connectivity index (χ0n) is 9.43. The minimum Gasteiger partial charge on any atom is -0.442 e. The van der Waals surface area contributed by atoms with E-state index in [1.807, 2.05) is 0 Å². The van der Waals surface area contributed by atoms with Crippen molar-refractivity contribution in [1.29, 1.82) is 0 Å². The Morgan fingerprint density at radius 1 is 1.60 bits per heavy atom. The standard InChI is InChI=1S/C10H19NO4/c1-5-6-8(7-12)11(14)9(13)15-10(2,3)4/h5,8,12,14H,1,6-7H2,2-4H3/t8-/m0/s1. The van der Waals surface area contributed by atoms with Crippen LogP contribution in [-0.2, 0) is 4.74 Å². The van der Waals surface area contributed by atoms with Crippen LogP contribution in [0.2, 0.25) is 0 Å². The molecule has 5 heteroatoms. The van der Waals surface area contributed by atoms with Crippen LogP contribution < -0.4 is 0 Å². The molecule has 0 aliphatic rings. The average molecular weight is 217 g/mol. The number of aliphatic hydroxyl groups is 1. The van der Waals surface area contributed by atoms with Crippen LogP contribution in [0.15, 0.2) is 12.7 Å². The Hall–Kier alpha value is -1.07. The van der Waals surface area contributed by atoms with E-state index in [2.05, 4.69) is 6.58 Å². The van der Waals surface area contributed by atoms with Crippen LogP contribution in [0.4, 0.5) is 4.79 Å². The van der Waals surface area contributed by atoms with Gasteiger partial charge in [0.25, 0.3) is 0 Å². The Balaban J connectivity index is 4.34. The fourth-order valence-corrected chi connectivity index (χ4v) is 0.902. The van der Waals surface area contributed by atoms with Gasteiger partial charge in [0, 0.05) is 0 Å². The van der Waals surface area contributed by atoms with E-state index in [0.29, 0.717) is 11.5 Å². The molecule has 15 heavy (non-hydrogen) atoms. The second-order valence-electron chi connectivity index (χ2n) is 4.19. The molecule has 2 N–H and O–H groups in total. The predicted molar refractivity (Wildman–Crippen MR) is 55.5 cm³/mol. The van der Waals surface area contributed by atoms with Crippen LogP contribution >= 0.6 is 0 Å². The first-order valence-corrected chi connectivity index (χ1v) is 4.74. The molecule has 0 aliphatic heterocycles. The van der Waals surface area contributed by atoms with Gasteiger partial charge in [-0.1, -0.05) is 6.08 Å². The number of hydroxylamine groups is 2. The molecule has 0 aliphatic carbocycles. The van der Waals surface area contributed by atoms with E-state index in [4.69, 9.17) is 9.84 Å². The van der Waals surface area contributed by atoms with Crippen LogP contribution in [0, 0.1) is 0 Å². The van der Waals surface area contributed by atoms with E-state index in [0.717, 1.165) is 0 Å². The summed E-state index contributed by atoms with van der Waals surface area (Å²) in [6.07, 6.45) is 0.934. The monoisotopic (exact) mass is 217 g/mol. The van der Waals surface area contributed by atoms with Crippen molar-refractivity contribution in [3.05, 3.63) is 12.7 Å². The topological polar surface area (TPSA) is 70.0 Å². The summed E-state index contributed by atoms with van der Waals surface area (Å²) >= 11 is 0. The molecule has 0 fully saturated rings. The SMILES string of the molecule is C=CC[C@@H](CO)N(O)C(=O)OC(C)(C)C. The number of hydrogen-bond acceptors (Lipinski definition) is 4. The molecule has 88 valence electrons. The average Bonchev–Trinajstić information content (AvgIpc) is 2.10. The summed E-state index contributed by atoms with van der Waals surface area (Å²) in [6.45, 7) is 8.20. The van der Waals surface area contributed by atoms with Crippen molar-refractivity contribution < 1.29 is 19.8 Å². The fourth-order valence-electron chi connectivity index (χ4n) is 0.902. The number of nitrogens with zero attached hydrogens (tertiary/aromatic N) is 1. The first kappa shape index (κ1) is 13.9. The minimum atomic E-state index is -0.872. The normalized spacial score (nSPS) is 13.1. The van der Waals surface area contributed by atoms with Gasteiger partial charge in [-0.3, -0.25) is 5.21 Å². The largest absolute Gasteiger partial charge is 0.442 e. The lowest BCUT2D eigenvalue weighted by atomic mass is 10.2.